The molecule has 0 atom stereocenters. The number of hydrogen-bond donors (Lipinski definition) is 3. The summed E-state index contributed by atoms with van der Waals surface area (Å²) in [6.45, 7) is 9.64. The van der Waals surface area contributed by atoms with Crippen LogP contribution in [0.2, 0.25) is 0 Å². The summed E-state index contributed by atoms with van der Waals surface area (Å²) in [5, 5.41) is 13.0. The highest BCUT2D eigenvalue weighted by molar-refractivity contribution is 14.0. The van der Waals surface area contributed by atoms with E-state index >= 15 is 0 Å². The van der Waals surface area contributed by atoms with E-state index in [4.69, 9.17) is 4.52 Å². The van der Waals surface area contributed by atoms with Gasteiger partial charge in [-0.2, -0.15) is 0 Å². The summed E-state index contributed by atoms with van der Waals surface area (Å²) in [5.74, 6) is 0.903. The second kappa shape index (κ2) is 12.4. The minimum absolute atomic E-state index is 0. The van der Waals surface area contributed by atoms with Gasteiger partial charge in [0, 0.05) is 31.3 Å². The van der Waals surface area contributed by atoms with Crippen molar-refractivity contribution in [2.24, 2.45) is 4.99 Å². The number of amides is 1. The van der Waals surface area contributed by atoms with E-state index in [1.165, 1.54) is 6.07 Å². The monoisotopic (exact) mass is 517 g/mol. The molecule has 0 unspecified atom stereocenters. The standard InChI is InChI=1S/C20H28FN5O2.HI/c1-5-22-20(25-12-16-11-18(13(2)3)26-28-16)24-9-8-23-19(27)15-7-6-14(4)17(21)10-15;/h6-7,10-11,13H,5,8-9,12H2,1-4H3,(H,23,27)(H2,22,24,25);1H. The lowest BCUT2D eigenvalue weighted by atomic mass is 10.1. The van der Waals surface area contributed by atoms with Crippen LogP contribution in [0.4, 0.5) is 4.39 Å². The van der Waals surface area contributed by atoms with Gasteiger partial charge in [-0.3, -0.25) is 4.79 Å². The predicted molar refractivity (Wildman–Crippen MR) is 122 cm³/mol. The van der Waals surface area contributed by atoms with Crippen LogP contribution in [-0.2, 0) is 6.54 Å². The van der Waals surface area contributed by atoms with Crippen LogP contribution < -0.4 is 16.0 Å². The lowest BCUT2D eigenvalue weighted by Gasteiger charge is -2.11. The van der Waals surface area contributed by atoms with Crippen molar-refractivity contribution in [1.82, 2.24) is 21.1 Å². The molecule has 0 saturated carbocycles. The lowest BCUT2D eigenvalue weighted by Crippen LogP contribution is -2.41. The molecular formula is C20H29FIN5O2. The van der Waals surface area contributed by atoms with E-state index in [-0.39, 0.29) is 35.7 Å². The van der Waals surface area contributed by atoms with Crippen molar-refractivity contribution in [3.05, 3.63) is 52.7 Å². The predicted octanol–water partition coefficient (Wildman–Crippen LogP) is 3.35. The number of halogens is 2. The van der Waals surface area contributed by atoms with E-state index in [0.29, 0.717) is 54.9 Å². The van der Waals surface area contributed by atoms with Gasteiger partial charge in [-0.15, -0.1) is 24.0 Å². The number of aromatic nitrogens is 1. The van der Waals surface area contributed by atoms with Gasteiger partial charge < -0.3 is 20.5 Å². The van der Waals surface area contributed by atoms with Crippen molar-refractivity contribution in [3.63, 3.8) is 0 Å². The molecule has 0 bridgehead atoms. The Morgan fingerprint density at radius 1 is 1.21 bits per heavy atom. The highest BCUT2D eigenvalue weighted by Gasteiger charge is 2.09. The van der Waals surface area contributed by atoms with E-state index in [9.17, 15) is 9.18 Å². The number of aryl methyl sites for hydroxylation is 1. The third-order valence-corrected chi connectivity index (χ3v) is 4.04. The van der Waals surface area contributed by atoms with Gasteiger partial charge in [0.25, 0.3) is 5.91 Å². The zero-order valence-electron chi connectivity index (χ0n) is 17.2. The van der Waals surface area contributed by atoms with Crippen LogP contribution in [0.25, 0.3) is 0 Å². The van der Waals surface area contributed by atoms with Gasteiger partial charge in [0.1, 0.15) is 12.4 Å². The van der Waals surface area contributed by atoms with Gasteiger partial charge >= 0.3 is 0 Å². The second-order valence-corrected chi connectivity index (χ2v) is 6.71. The quantitative estimate of drug-likeness (QED) is 0.216. The summed E-state index contributed by atoms with van der Waals surface area (Å²) >= 11 is 0. The maximum absolute atomic E-state index is 13.6. The van der Waals surface area contributed by atoms with Crippen molar-refractivity contribution < 1.29 is 13.7 Å². The first-order chi connectivity index (χ1) is 13.4. The number of guanidine groups is 1. The van der Waals surface area contributed by atoms with Crippen LogP contribution in [0.1, 0.15) is 54.1 Å². The third kappa shape index (κ3) is 8.00. The summed E-state index contributed by atoms with van der Waals surface area (Å²) in [6, 6.07) is 6.34. The number of carbonyl (C=O) groups excluding carboxylic acids is 1. The Kier molecular flexibility index (Phi) is 10.6. The number of nitrogens with one attached hydrogen (secondary N) is 3. The van der Waals surface area contributed by atoms with Gasteiger partial charge in [0.15, 0.2) is 11.7 Å². The van der Waals surface area contributed by atoms with Crippen LogP contribution in [0.3, 0.4) is 0 Å². The molecule has 1 aromatic carbocycles. The van der Waals surface area contributed by atoms with Crippen LogP contribution >= 0.6 is 24.0 Å². The molecule has 0 aliphatic heterocycles. The molecule has 2 aromatic rings. The van der Waals surface area contributed by atoms with Crippen LogP contribution in [-0.4, -0.2) is 36.7 Å². The van der Waals surface area contributed by atoms with E-state index < -0.39 is 0 Å². The maximum atomic E-state index is 13.6. The molecule has 7 nitrogen and oxygen atoms in total. The summed E-state index contributed by atoms with van der Waals surface area (Å²) in [4.78, 5) is 16.5. The summed E-state index contributed by atoms with van der Waals surface area (Å²) in [6.07, 6.45) is 0. The largest absolute Gasteiger partial charge is 0.359 e. The minimum atomic E-state index is -0.389. The Morgan fingerprint density at radius 2 is 1.93 bits per heavy atom. The van der Waals surface area contributed by atoms with Crippen molar-refractivity contribution in [2.45, 2.75) is 40.2 Å². The Balaban J connectivity index is 0.00000420. The van der Waals surface area contributed by atoms with E-state index in [1.807, 2.05) is 13.0 Å². The highest BCUT2D eigenvalue weighted by atomic mass is 127. The molecule has 29 heavy (non-hydrogen) atoms. The topological polar surface area (TPSA) is 91.6 Å². The average molecular weight is 517 g/mol. The number of nitrogens with zero attached hydrogens (tertiary/aromatic N) is 2. The van der Waals surface area contributed by atoms with E-state index in [2.05, 4.69) is 39.9 Å². The molecule has 0 spiro atoms. The highest BCUT2D eigenvalue weighted by Crippen LogP contribution is 2.14. The van der Waals surface area contributed by atoms with Crippen LogP contribution in [0.15, 0.2) is 33.8 Å². The molecule has 9 heteroatoms. The lowest BCUT2D eigenvalue weighted by molar-refractivity contribution is 0.0954. The molecule has 1 amide bonds. The Morgan fingerprint density at radius 3 is 2.55 bits per heavy atom. The second-order valence-electron chi connectivity index (χ2n) is 6.71. The van der Waals surface area contributed by atoms with Gasteiger partial charge in [-0.1, -0.05) is 25.1 Å². The molecule has 1 heterocycles. The minimum Gasteiger partial charge on any atom is -0.359 e. The normalized spacial score (nSPS) is 11.2. The fraction of sp³-hybridized carbons (Fsp3) is 0.450. The SMILES string of the molecule is CCNC(=NCc1cc(C(C)C)no1)NCCNC(=O)c1ccc(C)c(F)c1.I. The Hall–Kier alpha value is -2.17. The van der Waals surface area contributed by atoms with Gasteiger partial charge in [-0.05, 0) is 37.5 Å². The molecule has 0 radical (unpaired) electrons. The van der Waals surface area contributed by atoms with Crippen molar-refractivity contribution >= 4 is 35.8 Å². The van der Waals surface area contributed by atoms with Gasteiger partial charge in [-0.25, -0.2) is 9.38 Å². The summed E-state index contributed by atoms with van der Waals surface area (Å²) in [5.41, 5.74) is 1.71. The average Bonchev–Trinajstić information content (AvgIpc) is 3.14. The first-order valence-corrected chi connectivity index (χ1v) is 9.42. The molecule has 0 saturated heterocycles. The third-order valence-electron chi connectivity index (χ3n) is 4.04. The fourth-order valence-corrected chi connectivity index (χ4v) is 2.37. The van der Waals surface area contributed by atoms with Crippen molar-refractivity contribution in [1.29, 1.82) is 0 Å². The van der Waals surface area contributed by atoms with Gasteiger partial charge in [0.05, 0.1) is 5.69 Å². The molecule has 0 aliphatic rings. The van der Waals surface area contributed by atoms with E-state index in [1.54, 1.807) is 19.1 Å². The van der Waals surface area contributed by atoms with E-state index in [0.717, 1.165) is 5.69 Å². The first-order valence-electron chi connectivity index (χ1n) is 9.42. The van der Waals surface area contributed by atoms with Crippen molar-refractivity contribution in [3.8, 4) is 0 Å². The Bertz CT molecular complexity index is 823. The number of aliphatic imine (C=N–C) groups is 1. The number of hydrogen-bond acceptors (Lipinski definition) is 4. The zero-order chi connectivity index (χ0) is 20.5. The summed E-state index contributed by atoms with van der Waals surface area (Å²) < 4.78 is 18.8. The molecule has 160 valence electrons. The smallest absolute Gasteiger partial charge is 0.251 e. The zero-order valence-corrected chi connectivity index (χ0v) is 19.5. The van der Waals surface area contributed by atoms with Crippen LogP contribution in [0, 0.1) is 12.7 Å². The Labute approximate surface area is 187 Å². The molecule has 0 fully saturated rings. The number of rotatable bonds is 8. The molecule has 3 N–H and O–H groups in total. The fourth-order valence-electron chi connectivity index (χ4n) is 2.37. The first kappa shape index (κ1) is 24.9. The molecule has 0 aliphatic carbocycles. The van der Waals surface area contributed by atoms with Gasteiger partial charge in [0.2, 0.25) is 0 Å². The van der Waals surface area contributed by atoms with Crippen LogP contribution in [0.5, 0.6) is 0 Å². The molecular weight excluding hydrogens is 488 g/mol. The summed E-state index contributed by atoms with van der Waals surface area (Å²) in [7, 11) is 0. The maximum Gasteiger partial charge on any atom is 0.251 e. The molecule has 1 aromatic heterocycles. The van der Waals surface area contributed by atoms with Crippen molar-refractivity contribution in [2.75, 3.05) is 19.6 Å². The number of benzene rings is 1. The number of carbonyl (C=O) groups is 1. The molecule has 2 rings (SSSR count).